The summed E-state index contributed by atoms with van der Waals surface area (Å²) in [5.41, 5.74) is 0. The fourth-order valence-electron chi connectivity index (χ4n) is 2.64. The molecule has 2 rings (SSSR count). The third-order valence-electron chi connectivity index (χ3n) is 4.18. The van der Waals surface area contributed by atoms with Crippen LogP contribution in [0.3, 0.4) is 0 Å². The standard InChI is InChI=1S/C17H23NO6S2/c1-12(17(20)18(2)13-8-9-26(21,22)11-13)24-16(19)10-25-15-6-4-14(23-3)5-7-15/h4-7,12-13H,8-11H2,1-3H3/t12-,13-/m0/s1. The Bertz CT molecular complexity index is 747. The number of thioether (sulfide) groups is 1. The topological polar surface area (TPSA) is 90.0 Å². The average Bonchev–Trinajstić information content (AvgIpc) is 2.98. The maximum Gasteiger partial charge on any atom is 0.317 e. The molecule has 0 unspecified atom stereocenters. The Balaban J connectivity index is 1.80. The summed E-state index contributed by atoms with van der Waals surface area (Å²) in [6.45, 7) is 1.50. The van der Waals surface area contributed by atoms with Crippen LogP contribution in [0.1, 0.15) is 13.3 Å². The van der Waals surface area contributed by atoms with Crippen molar-refractivity contribution in [1.29, 1.82) is 0 Å². The van der Waals surface area contributed by atoms with Crippen molar-refractivity contribution in [1.82, 2.24) is 4.90 Å². The summed E-state index contributed by atoms with van der Waals surface area (Å²) in [5.74, 6) is -0.0430. The number of nitrogens with zero attached hydrogens (tertiary/aromatic N) is 1. The Morgan fingerprint density at radius 1 is 1.31 bits per heavy atom. The molecule has 0 N–H and O–H groups in total. The number of hydrogen-bond acceptors (Lipinski definition) is 7. The summed E-state index contributed by atoms with van der Waals surface area (Å²) in [4.78, 5) is 26.6. The van der Waals surface area contributed by atoms with Crippen molar-refractivity contribution < 1.29 is 27.5 Å². The number of amides is 1. The Morgan fingerprint density at radius 3 is 2.50 bits per heavy atom. The second-order valence-electron chi connectivity index (χ2n) is 6.10. The molecule has 0 saturated carbocycles. The van der Waals surface area contributed by atoms with Crippen LogP contribution in [0, 0.1) is 0 Å². The Morgan fingerprint density at radius 2 is 1.96 bits per heavy atom. The van der Waals surface area contributed by atoms with E-state index in [-0.39, 0.29) is 23.3 Å². The van der Waals surface area contributed by atoms with E-state index in [0.717, 1.165) is 10.6 Å². The highest BCUT2D eigenvalue weighted by Gasteiger charge is 2.34. The zero-order valence-electron chi connectivity index (χ0n) is 15.0. The lowest BCUT2D eigenvalue weighted by atomic mass is 10.2. The molecular weight excluding hydrogens is 378 g/mol. The van der Waals surface area contributed by atoms with Crippen molar-refractivity contribution in [2.45, 2.75) is 30.4 Å². The van der Waals surface area contributed by atoms with Gasteiger partial charge in [-0.1, -0.05) is 0 Å². The van der Waals surface area contributed by atoms with E-state index >= 15 is 0 Å². The van der Waals surface area contributed by atoms with Crippen molar-refractivity contribution in [2.24, 2.45) is 0 Å². The van der Waals surface area contributed by atoms with Gasteiger partial charge in [-0.3, -0.25) is 9.59 Å². The van der Waals surface area contributed by atoms with Crippen LogP contribution in [0.15, 0.2) is 29.2 Å². The first-order chi connectivity index (χ1) is 12.2. The van der Waals surface area contributed by atoms with Crippen LogP contribution >= 0.6 is 11.8 Å². The van der Waals surface area contributed by atoms with E-state index in [1.54, 1.807) is 26.3 Å². The number of carbonyl (C=O) groups is 2. The maximum absolute atomic E-state index is 12.4. The van der Waals surface area contributed by atoms with Crippen LogP contribution in [0.25, 0.3) is 0 Å². The summed E-state index contributed by atoms with van der Waals surface area (Å²) in [6, 6.07) is 6.90. The number of likely N-dealkylation sites (N-methyl/N-ethyl adjacent to an activating group) is 1. The number of benzene rings is 1. The summed E-state index contributed by atoms with van der Waals surface area (Å²) in [5, 5.41) is 0. The van der Waals surface area contributed by atoms with Crippen LogP contribution in [0.4, 0.5) is 0 Å². The van der Waals surface area contributed by atoms with Gasteiger partial charge in [-0.05, 0) is 37.6 Å². The van der Waals surface area contributed by atoms with Crippen molar-refractivity contribution in [3.05, 3.63) is 24.3 Å². The molecule has 1 fully saturated rings. The first kappa shape index (κ1) is 20.6. The molecule has 1 aliphatic heterocycles. The molecular formula is C17H23NO6S2. The molecule has 1 saturated heterocycles. The molecule has 0 spiro atoms. The highest BCUT2D eigenvalue weighted by molar-refractivity contribution is 8.00. The molecule has 9 heteroatoms. The van der Waals surface area contributed by atoms with Crippen molar-refractivity contribution in [2.75, 3.05) is 31.4 Å². The molecule has 1 heterocycles. The maximum atomic E-state index is 12.4. The van der Waals surface area contributed by atoms with Crippen molar-refractivity contribution >= 4 is 33.5 Å². The van der Waals surface area contributed by atoms with E-state index in [1.165, 1.54) is 23.6 Å². The van der Waals surface area contributed by atoms with Crippen molar-refractivity contribution in [3.63, 3.8) is 0 Å². The van der Waals surface area contributed by atoms with E-state index in [2.05, 4.69) is 0 Å². The Labute approximate surface area is 157 Å². The molecule has 1 amide bonds. The predicted octanol–water partition coefficient (Wildman–Crippen LogP) is 1.36. The number of esters is 1. The van der Waals surface area contributed by atoms with Crippen LogP contribution in [-0.2, 0) is 24.2 Å². The first-order valence-corrected chi connectivity index (χ1v) is 11.0. The first-order valence-electron chi connectivity index (χ1n) is 8.15. The highest BCUT2D eigenvalue weighted by atomic mass is 32.2. The van der Waals surface area contributed by atoms with Gasteiger partial charge in [0.1, 0.15) is 5.75 Å². The predicted molar refractivity (Wildman–Crippen MR) is 99.1 cm³/mol. The Kier molecular flexibility index (Phi) is 6.94. The van der Waals surface area contributed by atoms with Crippen LogP contribution in [0.5, 0.6) is 5.75 Å². The van der Waals surface area contributed by atoms with Gasteiger partial charge in [0.25, 0.3) is 5.91 Å². The zero-order chi connectivity index (χ0) is 19.3. The van der Waals surface area contributed by atoms with E-state index in [1.807, 2.05) is 12.1 Å². The van der Waals surface area contributed by atoms with E-state index in [9.17, 15) is 18.0 Å². The second-order valence-corrected chi connectivity index (χ2v) is 9.38. The average molecular weight is 402 g/mol. The van der Waals surface area contributed by atoms with Gasteiger partial charge in [-0.2, -0.15) is 0 Å². The van der Waals surface area contributed by atoms with E-state index in [0.29, 0.717) is 6.42 Å². The second kappa shape index (κ2) is 8.77. The molecule has 0 aliphatic carbocycles. The molecule has 7 nitrogen and oxygen atoms in total. The van der Waals surface area contributed by atoms with Gasteiger partial charge >= 0.3 is 5.97 Å². The fourth-order valence-corrected chi connectivity index (χ4v) is 5.10. The van der Waals surface area contributed by atoms with Gasteiger partial charge in [0, 0.05) is 18.0 Å². The minimum atomic E-state index is -3.08. The smallest absolute Gasteiger partial charge is 0.317 e. The minimum absolute atomic E-state index is 0.0385. The summed E-state index contributed by atoms with van der Waals surface area (Å²) < 4.78 is 33.3. The minimum Gasteiger partial charge on any atom is -0.497 e. The monoisotopic (exact) mass is 401 g/mol. The molecule has 1 aromatic rings. The number of hydrogen-bond donors (Lipinski definition) is 0. The molecule has 0 bridgehead atoms. The molecule has 1 aliphatic rings. The van der Waals surface area contributed by atoms with Gasteiger partial charge in [0.05, 0.1) is 24.4 Å². The number of sulfone groups is 1. The van der Waals surface area contributed by atoms with Gasteiger partial charge in [0.15, 0.2) is 15.9 Å². The number of methoxy groups -OCH3 is 1. The molecule has 26 heavy (non-hydrogen) atoms. The zero-order valence-corrected chi connectivity index (χ0v) is 16.6. The summed E-state index contributed by atoms with van der Waals surface area (Å²) in [7, 11) is 0.0442. The summed E-state index contributed by atoms with van der Waals surface area (Å²) in [6.07, 6.45) is -0.536. The molecule has 0 radical (unpaired) electrons. The van der Waals surface area contributed by atoms with Gasteiger partial charge in [-0.25, -0.2) is 8.42 Å². The Hall–Kier alpha value is -1.74. The molecule has 0 aromatic heterocycles. The molecule has 144 valence electrons. The van der Waals surface area contributed by atoms with Gasteiger partial charge in [0.2, 0.25) is 0 Å². The third-order valence-corrected chi connectivity index (χ3v) is 6.91. The quantitative estimate of drug-likeness (QED) is 0.503. The molecule has 1 aromatic carbocycles. The highest BCUT2D eigenvalue weighted by Crippen LogP contribution is 2.22. The van der Waals surface area contributed by atoms with Crippen LogP contribution < -0.4 is 4.74 Å². The fraction of sp³-hybridized carbons (Fsp3) is 0.529. The normalized spacial score (nSPS) is 19.6. The SMILES string of the molecule is COc1ccc(SCC(=O)O[C@@H](C)C(=O)N(C)[C@H]2CCS(=O)(=O)C2)cc1. The van der Waals surface area contributed by atoms with Gasteiger partial charge in [-0.15, -0.1) is 11.8 Å². The van der Waals surface area contributed by atoms with E-state index < -0.39 is 27.8 Å². The van der Waals surface area contributed by atoms with Crippen molar-refractivity contribution in [3.8, 4) is 5.75 Å². The molecule has 2 atom stereocenters. The van der Waals surface area contributed by atoms with E-state index in [4.69, 9.17) is 9.47 Å². The lowest BCUT2D eigenvalue weighted by Gasteiger charge is -2.26. The van der Waals surface area contributed by atoms with Gasteiger partial charge < -0.3 is 14.4 Å². The largest absolute Gasteiger partial charge is 0.497 e. The number of carbonyl (C=O) groups excluding carboxylic acids is 2. The number of ether oxygens (including phenoxy) is 2. The summed E-state index contributed by atoms with van der Waals surface area (Å²) >= 11 is 1.30. The third kappa shape index (κ3) is 5.63. The van der Waals surface area contributed by atoms with Crippen LogP contribution in [-0.4, -0.2) is 68.8 Å². The number of rotatable bonds is 7. The lowest BCUT2D eigenvalue weighted by molar-refractivity contribution is -0.157. The van der Waals surface area contributed by atoms with Crippen LogP contribution in [0.2, 0.25) is 0 Å². The lowest BCUT2D eigenvalue weighted by Crippen LogP contribution is -2.44.